The molecule has 1 atom stereocenters. The Bertz CT molecular complexity index is 195. The third-order valence-electron chi connectivity index (χ3n) is 3.31. The first kappa shape index (κ1) is 16.4. The van der Waals surface area contributed by atoms with Gasteiger partial charge in [-0.05, 0) is 13.3 Å². The van der Waals surface area contributed by atoms with E-state index in [1.165, 1.54) is 32.1 Å². The van der Waals surface area contributed by atoms with Crippen LogP contribution in [0.5, 0.6) is 0 Å². The Morgan fingerprint density at radius 1 is 1.12 bits per heavy atom. The van der Waals surface area contributed by atoms with Crippen molar-refractivity contribution in [1.82, 2.24) is 4.90 Å². The molecule has 0 aliphatic carbocycles. The molecule has 0 rings (SSSR count). The average Bonchev–Trinajstić information content (AvgIpc) is 2.35. The van der Waals surface area contributed by atoms with Crippen LogP contribution >= 0.6 is 0 Å². The van der Waals surface area contributed by atoms with Gasteiger partial charge in [0.1, 0.15) is 0 Å². The van der Waals surface area contributed by atoms with Gasteiger partial charge in [-0.3, -0.25) is 4.79 Å². The summed E-state index contributed by atoms with van der Waals surface area (Å²) in [7, 11) is 1.77. The van der Waals surface area contributed by atoms with Gasteiger partial charge in [-0.25, -0.2) is 0 Å². The second-order valence-electron chi connectivity index (χ2n) is 4.91. The van der Waals surface area contributed by atoms with E-state index in [1.54, 1.807) is 11.9 Å². The highest BCUT2D eigenvalue weighted by atomic mass is 16.3. The highest BCUT2D eigenvalue weighted by molar-refractivity contribution is 5.76. The Labute approximate surface area is 106 Å². The topological polar surface area (TPSA) is 40.5 Å². The predicted octanol–water partition coefficient (Wildman–Crippen LogP) is 2.97. The van der Waals surface area contributed by atoms with Crippen LogP contribution in [-0.4, -0.2) is 35.6 Å². The van der Waals surface area contributed by atoms with Crippen LogP contribution in [0.25, 0.3) is 0 Å². The molecule has 0 aromatic rings. The second-order valence-corrected chi connectivity index (χ2v) is 4.91. The molecular formula is C14H29NO2. The van der Waals surface area contributed by atoms with E-state index in [4.69, 9.17) is 5.11 Å². The zero-order valence-electron chi connectivity index (χ0n) is 11.7. The Morgan fingerprint density at radius 3 is 2.18 bits per heavy atom. The lowest BCUT2D eigenvalue weighted by molar-refractivity contribution is -0.132. The van der Waals surface area contributed by atoms with Gasteiger partial charge in [-0.15, -0.1) is 0 Å². The molecule has 0 aromatic heterocycles. The van der Waals surface area contributed by atoms with Gasteiger partial charge in [0.25, 0.3) is 0 Å². The molecular weight excluding hydrogens is 214 g/mol. The van der Waals surface area contributed by atoms with Crippen LogP contribution in [0.15, 0.2) is 0 Å². The van der Waals surface area contributed by atoms with E-state index in [9.17, 15) is 4.79 Å². The maximum Gasteiger partial charge on any atom is 0.222 e. The van der Waals surface area contributed by atoms with Crippen molar-refractivity contribution >= 4 is 5.91 Å². The lowest BCUT2D eigenvalue weighted by Gasteiger charge is -2.23. The number of carbonyl (C=O) groups is 1. The molecule has 1 N–H and O–H groups in total. The molecule has 0 spiro atoms. The van der Waals surface area contributed by atoms with E-state index in [1.807, 2.05) is 6.92 Å². The smallest absolute Gasteiger partial charge is 0.222 e. The van der Waals surface area contributed by atoms with E-state index < -0.39 is 0 Å². The van der Waals surface area contributed by atoms with Crippen LogP contribution in [0.4, 0.5) is 0 Å². The first-order valence-corrected chi connectivity index (χ1v) is 7.00. The van der Waals surface area contributed by atoms with Gasteiger partial charge in [0.05, 0.1) is 12.6 Å². The summed E-state index contributed by atoms with van der Waals surface area (Å²) in [4.78, 5) is 13.3. The van der Waals surface area contributed by atoms with Gasteiger partial charge >= 0.3 is 0 Å². The molecule has 3 nitrogen and oxygen atoms in total. The molecule has 3 heteroatoms. The van der Waals surface area contributed by atoms with Crippen molar-refractivity contribution in [2.75, 3.05) is 13.7 Å². The second kappa shape index (κ2) is 10.6. The van der Waals surface area contributed by atoms with E-state index in [0.29, 0.717) is 6.42 Å². The Balaban J connectivity index is 3.45. The van der Waals surface area contributed by atoms with Crippen molar-refractivity contribution in [3.63, 3.8) is 0 Å². The highest BCUT2D eigenvalue weighted by Gasteiger charge is 2.13. The van der Waals surface area contributed by atoms with Gasteiger partial charge < -0.3 is 10.0 Å². The summed E-state index contributed by atoms with van der Waals surface area (Å²) in [6.07, 6.45) is 9.22. The Morgan fingerprint density at radius 2 is 1.65 bits per heavy atom. The summed E-state index contributed by atoms with van der Waals surface area (Å²) >= 11 is 0. The molecule has 17 heavy (non-hydrogen) atoms. The minimum atomic E-state index is -0.0629. The van der Waals surface area contributed by atoms with Gasteiger partial charge in [0.2, 0.25) is 5.91 Å². The molecule has 0 fully saturated rings. The molecule has 0 aliphatic heterocycles. The number of amides is 1. The maximum absolute atomic E-state index is 11.7. The van der Waals surface area contributed by atoms with Crippen molar-refractivity contribution in [2.24, 2.45) is 0 Å². The number of nitrogens with zero attached hydrogens (tertiary/aromatic N) is 1. The van der Waals surface area contributed by atoms with E-state index >= 15 is 0 Å². The molecule has 0 saturated carbocycles. The van der Waals surface area contributed by atoms with Gasteiger partial charge in [0.15, 0.2) is 0 Å². The van der Waals surface area contributed by atoms with Gasteiger partial charge in [0, 0.05) is 13.5 Å². The summed E-state index contributed by atoms with van der Waals surface area (Å²) in [5.74, 6) is 0.153. The summed E-state index contributed by atoms with van der Waals surface area (Å²) in [6.45, 7) is 4.12. The van der Waals surface area contributed by atoms with Crippen molar-refractivity contribution in [1.29, 1.82) is 0 Å². The van der Waals surface area contributed by atoms with Gasteiger partial charge in [-0.1, -0.05) is 45.4 Å². The lowest BCUT2D eigenvalue weighted by Crippen LogP contribution is -2.37. The van der Waals surface area contributed by atoms with E-state index in [0.717, 1.165) is 12.8 Å². The fourth-order valence-electron chi connectivity index (χ4n) is 1.78. The Hall–Kier alpha value is -0.570. The third kappa shape index (κ3) is 8.19. The highest BCUT2D eigenvalue weighted by Crippen LogP contribution is 2.09. The largest absolute Gasteiger partial charge is 0.394 e. The molecule has 0 radical (unpaired) electrons. The zero-order valence-corrected chi connectivity index (χ0v) is 11.7. The average molecular weight is 243 g/mol. The van der Waals surface area contributed by atoms with E-state index in [2.05, 4.69) is 6.92 Å². The standard InChI is InChI=1S/C14H29NO2/c1-4-5-6-7-8-9-10-11-14(17)15(3)13(2)12-16/h13,16H,4-12H2,1-3H3. The summed E-state index contributed by atoms with van der Waals surface area (Å²) in [5, 5.41) is 8.95. The number of rotatable bonds is 10. The molecule has 1 unspecified atom stereocenters. The fraction of sp³-hybridized carbons (Fsp3) is 0.929. The van der Waals surface area contributed by atoms with Gasteiger partial charge in [-0.2, -0.15) is 0 Å². The number of carbonyl (C=O) groups excluding carboxylic acids is 1. The van der Waals surface area contributed by atoms with Crippen LogP contribution in [0.3, 0.4) is 0 Å². The SMILES string of the molecule is CCCCCCCCCC(=O)N(C)C(C)CO. The number of hydrogen-bond donors (Lipinski definition) is 1. The minimum absolute atomic E-state index is 0.0409. The van der Waals surface area contributed by atoms with Crippen LogP contribution in [0, 0.1) is 0 Å². The maximum atomic E-state index is 11.7. The summed E-state index contributed by atoms with van der Waals surface area (Å²) in [6, 6.07) is -0.0629. The van der Waals surface area contributed by atoms with Crippen molar-refractivity contribution in [2.45, 2.75) is 71.3 Å². The van der Waals surface area contributed by atoms with Crippen molar-refractivity contribution < 1.29 is 9.90 Å². The molecule has 1 amide bonds. The number of likely N-dealkylation sites (N-methyl/N-ethyl adjacent to an activating group) is 1. The summed E-state index contributed by atoms with van der Waals surface area (Å²) < 4.78 is 0. The fourth-order valence-corrected chi connectivity index (χ4v) is 1.78. The van der Waals surface area contributed by atoms with Crippen LogP contribution < -0.4 is 0 Å². The number of aliphatic hydroxyl groups is 1. The van der Waals surface area contributed by atoms with Crippen LogP contribution in [0.1, 0.15) is 65.2 Å². The van der Waals surface area contributed by atoms with Crippen molar-refractivity contribution in [3.8, 4) is 0 Å². The van der Waals surface area contributed by atoms with Crippen LogP contribution in [-0.2, 0) is 4.79 Å². The quantitative estimate of drug-likeness (QED) is 0.599. The normalized spacial score (nSPS) is 12.5. The first-order chi connectivity index (χ1) is 8.13. The number of aliphatic hydroxyl groups excluding tert-OH is 1. The molecule has 0 bridgehead atoms. The van der Waals surface area contributed by atoms with E-state index in [-0.39, 0.29) is 18.6 Å². The van der Waals surface area contributed by atoms with Crippen molar-refractivity contribution in [3.05, 3.63) is 0 Å². The first-order valence-electron chi connectivity index (χ1n) is 7.00. The monoisotopic (exact) mass is 243 g/mol. The molecule has 0 aromatic carbocycles. The van der Waals surface area contributed by atoms with Crippen LogP contribution in [0.2, 0.25) is 0 Å². The minimum Gasteiger partial charge on any atom is -0.394 e. The lowest BCUT2D eigenvalue weighted by atomic mass is 10.1. The summed E-state index contributed by atoms with van der Waals surface area (Å²) in [5.41, 5.74) is 0. The number of unbranched alkanes of at least 4 members (excludes halogenated alkanes) is 6. The molecule has 0 heterocycles. The molecule has 0 aliphatic rings. The third-order valence-corrected chi connectivity index (χ3v) is 3.31. The predicted molar refractivity (Wildman–Crippen MR) is 71.9 cm³/mol. The zero-order chi connectivity index (χ0) is 13.1. The Kier molecular flexibility index (Phi) is 10.2. The molecule has 0 saturated heterocycles. The number of hydrogen-bond acceptors (Lipinski definition) is 2. The molecule has 102 valence electrons.